The third kappa shape index (κ3) is 12.6. The molecule has 200 valence electrons. The molecule has 0 aliphatic rings. The number of rotatable bonds is 18. The lowest BCUT2D eigenvalue weighted by molar-refractivity contribution is -0.904. The lowest BCUT2D eigenvalue weighted by Crippen LogP contribution is -2.40. The summed E-state index contributed by atoms with van der Waals surface area (Å²) in [6.07, 6.45) is 10.9. The molecule has 0 N–H and O–H groups in total. The fourth-order valence-corrected chi connectivity index (χ4v) is 4.49. The first kappa shape index (κ1) is 29.9. The van der Waals surface area contributed by atoms with E-state index < -0.39 is 0 Å². The zero-order valence-corrected chi connectivity index (χ0v) is 23.5. The molecule has 0 amide bonds. The highest BCUT2D eigenvalue weighted by Crippen LogP contribution is 2.18. The fraction of sp³-hybridized carbons (Fsp3) is 0.594. The Morgan fingerprint density at radius 1 is 0.861 bits per heavy atom. The average Bonchev–Trinajstić information content (AvgIpc) is 2.86. The van der Waals surface area contributed by atoms with Gasteiger partial charge >= 0.3 is 5.97 Å². The Balaban J connectivity index is 1.67. The van der Waals surface area contributed by atoms with Crippen molar-refractivity contribution in [2.45, 2.75) is 91.2 Å². The summed E-state index contributed by atoms with van der Waals surface area (Å²) >= 11 is 0. The Hall–Kier alpha value is -2.33. The van der Waals surface area contributed by atoms with Crippen molar-refractivity contribution in [2.75, 3.05) is 27.2 Å². The first-order valence-corrected chi connectivity index (χ1v) is 14.1. The molecule has 0 aliphatic carbocycles. The third-order valence-corrected chi connectivity index (χ3v) is 6.79. The van der Waals surface area contributed by atoms with Crippen LogP contribution in [0.2, 0.25) is 0 Å². The lowest BCUT2D eigenvalue weighted by atomic mass is 10.0. The van der Waals surface area contributed by atoms with E-state index in [1.54, 1.807) is 0 Å². The Kier molecular flexibility index (Phi) is 13.6. The van der Waals surface area contributed by atoms with Gasteiger partial charge in [-0.1, -0.05) is 94.8 Å². The van der Waals surface area contributed by atoms with E-state index in [4.69, 9.17) is 9.47 Å². The lowest BCUT2D eigenvalue weighted by Gasteiger charge is -2.30. The van der Waals surface area contributed by atoms with E-state index in [9.17, 15) is 4.79 Å². The summed E-state index contributed by atoms with van der Waals surface area (Å²) in [6.45, 7) is 8.32. The molecule has 0 saturated heterocycles. The van der Waals surface area contributed by atoms with Crippen LogP contribution >= 0.6 is 0 Å². The van der Waals surface area contributed by atoms with Crippen LogP contribution in [0.3, 0.4) is 0 Å². The molecule has 0 aromatic heterocycles. The van der Waals surface area contributed by atoms with Gasteiger partial charge in [0.15, 0.2) is 0 Å². The van der Waals surface area contributed by atoms with E-state index in [0.29, 0.717) is 0 Å². The largest absolute Gasteiger partial charge is 0.487 e. The van der Waals surface area contributed by atoms with Gasteiger partial charge in [0.2, 0.25) is 0 Å². The number of esters is 1. The summed E-state index contributed by atoms with van der Waals surface area (Å²) in [6, 6.07) is 18.9. The number of hydrogen-bond acceptors (Lipinski definition) is 3. The molecular weight excluding hydrogens is 446 g/mol. The van der Waals surface area contributed by atoms with E-state index in [0.717, 1.165) is 36.2 Å². The quantitative estimate of drug-likeness (QED) is 0.121. The maximum atomic E-state index is 12.6. The zero-order valence-electron chi connectivity index (χ0n) is 23.5. The SMILES string of the molecule is CCCCCCCCCc1cccc(OC(C)COC(=O)C(C)CC[N+](C)(C)Cc2ccccc2)c1. The summed E-state index contributed by atoms with van der Waals surface area (Å²) < 4.78 is 12.5. The first-order chi connectivity index (χ1) is 17.3. The summed E-state index contributed by atoms with van der Waals surface area (Å²) in [5.74, 6) is 0.584. The number of hydrogen-bond donors (Lipinski definition) is 0. The third-order valence-electron chi connectivity index (χ3n) is 6.79. The average molecular weight is 497 g/mol. The normalized spacial score (nSPS) is 13.2. The molecule has 2 unspecified atom stereocenters. The monoisotopic (exact) mass is 496 g/mol. The van der Waals surface area contributed by atoms with E-state index >= 15 is 0 Å². The predicted octanol–water partition coefficient (Wildman–Crippen LogP) is 7.59. The topological polar surface area (TPSA) is 35.5 Å². The van der Waals surface area contributed by atoms with E-state index in [1.165, 1.54) is 56.1 Å². The molecule has 0 bridgehead atoms. The number of aryl methyl sites for hydroxylation is 1. The van der Waals surface area contributed by atoms with Gasteiger partial charge < -0.3 is 14.0 Å². The van der Waals surface area contributed by atoms with Gasteiger partial charge in [-0.05, 0) is 37.5 Å². The summed E-state index contributed by atoms with van der Waals surface area (Å²) in [7, 11) is 4.42. The maximum Gasteiger partial charge on any atom is 0.309 e. The summed E-state index contributed by atoms with van der Waals surface area (Å²) in [5, 5.41) is 0. The highest BCUT2D eigenvalue weighted by Gasteiger charge is 2.22. The van der Waals surface area contributed by atoms with Crippen molar-refractivity contribution in [3.05, 3.63) is 65.7 Å². The molecule has 2 aromatic rings. The van der Waals surface area contributed by atoms with Crippen LogP contribution in [-0.4, -0.2) is 43.8 Å². The minimum atomic E-state index is -0.180. The molecular formula is C32H50NO3+. The van der Waals surface area contributed by atoms with Gasteiger partial charge in [0.05, 0.1) is 26.6 Å². The summed E-state index contributed by atoms with van der Waals surface area (Å²) in [4.78, 5) is 12.6. The number of nitrogens with zero attached hydrogens (tertiary/aromatic N) is 1. The molecule has 4 heteroatoms. The van der Waals surface area contributed by atoms with Crippen LogP contribution in [0.25, 0.3) is 0 Å². The Labute approximate surface area is 220 Å². The zero-order chi connectivity index (χ0) is 26.2. The van der Waals surface area contributed by atoms with E-state index in [-0.39, 0.29) is 24.6 Å². The minimum Gasteiger partial charge on any atom is -0.487 e. The standard InChI is InChI=1S/C32H50NO3/c1-6-7-8-9-10-11-13-17-29-20-16-21-31(24-29)36-28(3)26-35-32(34)27(2)22-23-33(4,5)25-30-18-14-12-15-19-30/h12,14-16,18-21,24,27-28H,6-11,13,17,22-23,25-26H2,1-5H3/q+1. The molecule has 0 fully saturated rings. The number of quaternary nitrogens is 1. The van der Waals surface area contributed by atoms with Gasteiger partial charge in [-0.25, -0.2) is 0 Å². The van der Waals surface area contributed by atoms with Crippen LogP contribution in [0.1, 0.15) is 83.3 Å². The van der Waals surface area contributed by atoms with E-state index in [1.807, 2.05) is 26.0 Å². The van der Waals surface area contributed by atoms with Gasteiger partial charge in [0.25, 0.3) is 0 Å². The maximum absolute atomic E-state index is 12.6. The van der Waals surface area contributed by atoms with Crippen LogP contribution in [0, 0.1) is 5.92 Å². The van der Waals surface area contributed by atoms with Crippen molar-refractivity contribution in [2.24, 2.45) is 5.92 Å². The number of carbonyl (C=O) groups is 1. The highest BCUT2D eigenvalue weighted by molar-refractivity contribution is 5.71. The van der Waals surface area contributed by atoms with Gasteiger partial charge in [-0.15, -0.1) is 0 Å². The molecule has 0 aliphatic heterocycles. The second kappa shape index (κ2) is 16.4. The van der Waals surface area contributed by atoms with Gasteiger partial charge in [0.1, 0.15) is 25.0 Å². The minimum absolute atomic E-state index is 0.129. The predicted molar refractivity (Wildman–Crippen MR) is 150 cm³/mol. The van der Waals surface area contributed by atoms with Crippen LogP contribution in [-0.2, 0) is 22.5 Å². The van der Waals surface area contributed by atoms with Crippen molar-refractivity contribution in [1.82, 2.24) is 0 Å². The Morgan fingerprint density at radius 2 is 1.53 bits per heavy atom. The molecule has 36 heavy (non-hydrogen) atoms. The van der Waals surface area contributed by atoms with Crippen LogP contribution in [0.4, 0.5) is 0 Å². The summed E-state index contributed by atoms with van der Waals surface area (Å²) in [5.41, 5.74) is 2.63. The van der Waals surface area contributed by atoms with Gasteiger partial charge in [-0.3, -0.25) is 4.79 Å². The number of benzene rings is 2. The van der Waals surface area contributed by atoms with Crippen LogP contribution in [0.15, 0.2) is 54.6 Å². The molecule has 0 radical (unpaired) electrons. The van der Waals surface area contributed by atoms with Crippen molar-refractivity contribution in [3.63, 3.8) is 0 Å². The van der Waals surface area contributed by atoms with Gasteiger partial charge in [-0.2, -0.15) is 0 Å². The highest BCUT2D eigenvalue weighted by atomic mass is 16.6. The van der Waals surface area contributed by atoms with Gasteiger partial charge in [0, 0.05) is 12.0 Å². The smallest absolute Gasteiger partial charge is 0.309 e. The van der Waals surface area contributed by atoms with Crippen LogP contribution < -0.4 is 4.74 Å². The molecule has 0 spiro atoms. The van der Waals surface area contributed by atoms with Crippen molar-refractivity contribution < 1.29 is 18.8 Å². The van der Waals surface area contributed by atoms with Crippen molar-refractivity contribution in [3.8, 4) is 5.75 Å². The molecule has 2 aromatic carbocycles. The molecule has 2 atom stereocenters. The van der Waals surface area contributed by atoms with Crippen molar-refractivity contribution in [1.29, 1.82) is 0 Å². The Bertz CT molecular complexity index is 865. The first-order valence-electron chi connectivity index (χ1n) is 14.1. The Morgan fingerprint density at radius 3 is 2.25 bits per heavy atom. The molecule has 0 heterocycles. The second-order valence-electron chi connectivity index (χ2n) is 11.1. The van der Waals surface area contributed by atoms with Crippen LogP contribution in [0.5, 0.6) is 5.75 Å². The van der Waals surface area contributed by atoms with Crippen molar-refractivity contribution >= 4 is 5.97 Å². The second-order valence-corrected chi connectivity index (χ2v) is 11.1. The fourth-order valence-electron chi connectivity index (χ4n) is 4.49. The molecule has 2 rings (SSSR count). The number of unbranched alkanes of at least 4 members (excludes halogenated alkanes) is 6. The molecule has 0 saturated carbocycles. The number of ether oxygens (including phenoxy) is 2. The number of carbonyl (C=O) groups excluding carboxylic acids is 1. The van der Waals surface area contributed by atoms with E-state index in [2.05, 4.69) is 63.5 Å². The molecule has 4 nitrogen and oxygen atoms in total.